The van der Waals surface area contributed by atoms with E-state index >= 15 is 0 Å². The molecule has 0 radical (unpaired) electrons. The smallest absolute Gasteiger partial charge is 0.222 e. The quantitative estimate of drug-likeness (QED) is 0.872. The highest BCUT2D eigenvalue weighted by atomic mass is 16.1. The van der Waals surface area contributed by atoms with Gasteiger partial charge in [0, 0.05) is 6.04 Å². The molecule has 1 aromatic rings. The lowest BCUT2D eigenvalue weighted by Crippen LogP contribution is -2.48. The van der Waals surface area contributed by atoms with Crippen LogP contribution in [0.25, 0.3) is 0 Å². The van der Waals surface area contributed by atoms with Crippen LogP contribution < -0.4 is 11.1 Å². The van der Waals surface area contributed by atoms with Gasteiger partial charge in [-0.25, -0.2) is 0 Å². The molecule has 1 fully saturated rings. The minimum Gasteiger partial charge on any atom is -0.369 e. The van der Waals surface area contributed by atoms with Gasteiger partial charge < -0.3 is 11.1 Å². The monoisotopic (exact) mass is 260 g/mol. The molecule has 2 atom stereocenters. The third-order valence-electron chi connectivity index (χ3n) is 4.05. The Bertz CT molecular complexity index is 425. The van der Waals surface area contributed by atoms with Gasteiger partial charge in [0.25, 0.3) is 0 Å². The third-order valence-corrected chi connectivity index (χ3v) is 4.05. The number of carbonyl (C=O) groups excluding carboxylic acids is 1. The molecule has 0 spiro atoms. The number of carbonyl (C=O) groups is 1. The standard InChI is InChI=1S/C16H24N2O/c1-11(2)13-7-5-12(6-8-13)10-15-14(16(17)19)4-3-9-18-15/h5-8,11,14-15,18H,3-4,9-10H2,1-2H3,(H2,17,19). The van der Waals surface area contributed by atoms with Crippen molar-refractivity contribution in [2.24, 2.45) is 11.7 Å². The number of benzene rings is 1. The Hall–Kier alpha value is -1.35. The van der Waals surface area contributed by atoms with Crippen molar-refractivity contribution in [3.63, 3.8) is 0 Å². The number of amides is 1. The van der Waals surface area contributed by atoms with Gasteiger partial charge in [0.05, 0.1) is 5.92 Å². The van der Waals surface area contributed by atoms with E-state index in [1.54, 1.807) is 0 Å². The van der Waals surface area contributed by atoms with E-state index in [1.807, 2.05) is 0 Å². The number of nitrogens with two attached hydrogens (primary N) is 1. The predicted molar refractivity (Wildman–Crippen MR) is 77.9 cm³/mol. The lowest BCUT2D eigenvalue weighted by atomic mass is 9.86. The minimum atomic E-state index is -0.170. The molecule has 1 saturated heterocycles. The van der Waals surface area contributed by atoms with Gasteiger partial charge in [-0.15, -0.1) is 0 Å². The second kappa shape index (κ2) is 6.20. The number of primary amides is 1. The van der Waals surface area contributed by atoms with Crippen LogP contribution in [0.2, 0.25) is 0 Å². The zero-order valence-corrected chi connectivity index (χ0v) is 11.9. The fourth-order valence-electron chi connectivity index (χ4n) is 2.80. The second-order valence-electron chi connectivity index (χ2n) is 5.81. The maximum Gasteiger partial charge on any atom is 0.222 e. The Morgan fingerprint density at radius 1 is 1.37 bits per heavy atom. The van der Waals surface area contributed by atoms with E-state index in [9.17, 15) is 4.79 Å². The van der Waals surface area contributed by atoms with Crippen LogP contribution in [-0.2, 0) is 11.2 Å². The minimum absolute atomic E-state index is 0.0291. The van der Waals surface area contributed by atoms with E-state index in [0.29, 0.717) is 5.92 Å². The maximum atomic E-state index is 11.5. The SMILES string of the molecule is CC(C)c1ccc(CC2NCCCC2C(N)=O)cc1. The van der Waals surface area contributed by atoms with Crippen molar-refractivity contribution < 1.29 is 4.79 Å². The van der Waals surface area contributed by atoms with Crippen molar-refractivity contribution in [2.45, 2.75) is 45.1 Å². The molecule has 3 heteroatoms. The lowest BCUT2D eigenvalue weighted by Gasteiger charge is -2.30. The van der Waals surface area contributed by atoms with Crippen molar-refractivity contribution in [2.75, 3.05) is 6.54 Å². The Balaban J connectivity index is 2.04. The molecular weight excluding hydrogens is 236 g/mol. The largest absolute Gasteiger partial charge is 0.369 e. The molecular formula is C16H24N2O. The predicted octanol–water partition coefficient (Wildman–Crippen LogP) is 2.21. The highest BCUT2D eigenvalue weighted by molar-refractivity contribution is 5.77. The van der Waals surface area contributed by atoms with E-state index in [2.05, 4.69) is 43.4 Å². The third kappa shape index (κ3) is 3.57. The molecule has 1 heterocycles. The molecule has 1 aliphatic heterocycles. The number of hydrogen-bond donors (Lipinski definition) is 2. The molecule has 3 N–H and O–H groups in total. The molecule has 0 aromatic heterocycles. The number of nitrogens with one attached hydrogen (secondary N) is 1. The van der Waals surface area contributed by atoms with Crippen LogP contribution in [0.3, 0.4) is 0 Å². The molecule has 0 aliphatic carbocycles. The van der Waals surface area contributed by atoms with Crippen molar-refractivity contribution in [3.8, 4) is 0 Å². The summed E-state index contributed by atoms with van der Waals surface area (Å²) in [7, 11) is 0. The second-order valence-corrected chi connectivity index (χ2v) is 5.81. The first-order valence-electron chi connectivity index (χ1n) is 7.19. The Labute approximate surface area is 115 Å². The molecule has 1 amide bonds. The van der Waals surface area contributed by atoms with Crippen LogP contribution in [-0.4, -0.2) is 18.5 Å². The van der Waals surface area contributed by atoms with Crippen molar-refractivity contribution >= 4 is 5.91 Å². The van der Waals surface area contributed by atoms with E-state index < -0.39 is 0 Å². The van der Waals surface area contributed by atoms with E-state index in [-0.39, 0.29) is 17.9 Å². The molecule has 19 heavy (non-hydrogen) atoms. The van der Waals surface area contributed by atoms with Crippen LogP contribution in [0.4, 0.5) is 0 Å². The number of hydrogen-bond acceptors (Lipinski definition) is 2. The first kappa shape index (κ1) is 14.1. The Morgan fingerprint density at radius 3 is 2.63 bits per heavy atom. The maximum absolute atomic E-state index is 11.5. The molecule has 1 aliphatic rings. The van der Waals surface area contributed by atoms with Crippen LogP contribution in [0.1, 0.15) is 43.7 Å². The summed E-state index contributed by atoms with van der Waals surface area (Å²) in [5.41, 5.74) is 8.12. The molecule has 2 unspecified atom stereocenters. The molecule has 0 saturated carbocycles. The topological polar surface area (TPSA) is 55.1 Å². The summed E-state index contributed by atoms with van der Waals surface area (Å²) < 4.78 is 0. The first-order chi connectivity index (χ1) is 9.08. The van der Waals surface area contributed by atoms with Crippen LogP contribution >= 0.6 is 0 Å². The summed E-state index contributed by atoms with van der Waals surface area (Å²) in [6.07, 6.45) is 2.83. The average molecular weight is 260 g/mol. The zero-order valence-electron chi connectivity index (χ0n) is 11.9. The zero-order chi connectivity index (χ0) is 13.8. The van der Waals surface area contributed by atoms with Gasteiger partial charge >= 0.3 is 0 Å². The van der Waals surface area contributed by atoms with E-state index in [0.717, 1.165) is 25.8 Å². The summed E-state index contributed by atoms with van der Waals surface area (Å²) in [4.78, 5) is 11.5. The molecule has 104 valence electrons. The van der Waals surface area contributed by atoms with E-state index in [1.165, 1.54) is 11.1 Å². The van der Waals surface area contributed by atoms with Gasteiger partial charge in [-0.2, -0.15) is 0 Å². The van der Waals surface area contributed by atoms with Crippen LogP contribution in [0.5, 0.6) is 0 Å². The van der Waals surface area contributed by atoms with Crippen molar-refractivity contribution in [3.05, 3.63) is 35.4 Å². The molecule has 0 bridgehead atoms. The van der Waals surface area contributed by atoms with Crippen LogP contribution in [0, 0.1) is 5.92 Å². The summed E-state index contributed by atoms with van der Waals surface area (Å²) in [6, 6.07) is 8.90. The van der Waals surface area contributed by atoms with Gasteiger partial charge in [0.1, 0.15) is 0 Å². The van der Waals surface area contributed by atoms with Gasteiger partial charge in [0.15, 0.2) is 0 Å². The molecule has 1 aromatic carbocycles. The van der Waals surface area contributed by atoms with Crippen LogP contribution in [0.15, 0.2) is 24.3 Å². The van der Waals surface area contributed by atoms with Gasteiger partial charge in [0.2, 0.25) is 5.91 Å². The lowest BCUT2D eigenvalue weighted by molar-refractivity contribution is -0.123. The summed E-state index contributed by atoms with van der Waals surface area (Å²) >= 11 is 0. The van der Waals surface area contributed by atoms with Crippen molar-refractivity contribution in [1.29, 1.82) is 0 Å². The highest BCUT2D eigenvalue weighted by Gasteiger charge is 2.28. The van der Waals surface area contributed by atoms with Gasteiger partial charge in [-0.3, -0.25) is 4.79 Å². The number of piperidine rings is 1. The molecule has 3 nitrogen and oxygen atoms in total. The fraction of sp³-hybridized carbons (Fsp3) is 0.562. The highest BCUT2D eigenvalue weighted by Crippen LogP contribution is 2.21. The number of rotatable bonds is 4. The Morgan fingerprint density at radius 2 is 2.05 bits per heavy atom. The van der Waals surface area contributed by atoms with Gasteiger partial charge in [-0.1, -0.05) is 38.1 Å². The summed E-state index contributed by atoms with van der Waals surface area (Å²) in [6.45, 7) is 5.38. The fourth-order valence-corrected chi connectivity index (χ4v) is 2.80. The van der Waals surface area contributed by atoms with Gasteiger partial charge in [-0.05, 0) is 42.9 Å². The average Bonchev–Trinajstić information content (AvgIpc) is 2.39. The van der Waals surface area contributed by atoms with E-state index in [4.69, 9.17) is 5.73 Å². The van der Waals surface area contributed by atoms with Crippen molar-refractivity contribution in [1.82, 2.24) is 5.32 Å². The molecule has 2 rings (SSSR count). The first-order valence-corrected chi connectivity index (χ1v) is 7.19. The normalized spacial score (nSPS) is 23.5. The Kier molecular flexibility index (Phi) is 4.59. The summed E-state index contributed by atoms with van der Waals surface area (Å²) in [5, 5.41) is 3.44. The summed E-state index contributed by atoms with van der Waals surface area (Å²) in [5.74, 6) is 0.356.